The van der Waals surface area contributed by atoms with E-state index in [9.17, 15) is 9.59 Å². The third kappa shape index (κ3) is 5.23. The van der Waals surface area contributed by atoms with E-state index in [1.807, 2.05) is 43.3 Å². The number of carbonyl (C=O) groups excluding carboxylic acids is 2. The minimum Gasteiger partial charge on any atom is -0.463 e. The Hall–Kier alpha value is -2.92. The van der Waals surface area contributed by atoms with Gasteiger partial charge in [0, 0.05) is 5.56 Å². The molecule has 164 valence electrons. The Bertz CT molecular complexity index is 1020. The van der Waals surface area contributed by atoms with Gasteiger partial charge in [0.1, 0.15) is 13.2 Å². The van der Waals surface area contributed by atoms with Gasteiger partial charge >= 0.3 is 11.9 Å². The fourth-order valence-corrected chi connectivity index (χ4v) is 3.95. The number of aliphatic hydroxyl groups excluding tert-OH is 1. The zero-order valence-corrected chi connectivity index (χ0v) is 18.4. The van der Waals surface area contributed by atoms with Crippen LogP contribution in [0.5, 0.6) is 0 Å². The summed E-state index contributed by atoms with van der Waals surface area (Å²) >= 11 is 0. The highest BCUT2D eigenvalue weighted by Gasteiger charge is 2.35. The first kappa shape index (κ1) is 22.8. The van der Waals surface area contributed by atoms with Crippen molar-refractivity contribution in [1.29, 1.82) is 0 Å². The molecule has 3 aromatic carbocycles. The SMILES string of the molecule is CCC(CC(C)(C)C(=O)OCc1c2ccccc2cc2ccccc12)C(=O)OCCO. The van der Waals surface area contributed by atoms with Crippen LogP contribution in [0.1, 0.15) is 39.2 Å². The van der Waals surface area contributed by atoms with Crippen molar-refractivity contribution in [2.45, 2.75) is 40.2 Å². The lowest BCUT2D eigenvalue weighted by Crippen LogP contribution is -2.32. The van der Waals surface area contributed by atoms with Crippen molar-refractivity contribution < 1.29 is 24.2 Å². The van der Waals surface area contributed by atoms with E-state index in [1.54, 1.807) is 13.8 Å². The molecule has 5 nitrogen and oxygen atoms in total. The maximum absolute atomic E-state index is 13.0. The van der Waals surface area contributed by atoms with E-state index in [2.05, 4.69) is 18.2 Å². The number of fused-ring (bicyclic) bond motifs is 2. The highest BCUT2D eigenvalue weighted by Crippen LogP contribution is 2.32. The van der Waals surface area contributed by atoms with Crippen molar-refractivity contribution >= 4 is 33.5 Å². The molecular formula is C26H30O5. The normalized spacial score (nSPS) is 12.6. The summed E-state index contributed by atoms with van der Waals surface area (Å²) in [5.41, 5.74) is 0.131. The minimum atomic E-state index is -0.848. The number of aliphatic hydroxyl groups is 1. The Kier molecular flexibility index (Phi) is 7.29. The molecule has 0 fully saturated rings. The summed E-state index contributed by atoms with van der Waals surface area (Å²) in [5, 5.41) is 13.2. The number of carbonyl (C=O) groups is 2. The Morgan fingerprint density at radius 2 is 1.55 bits per heavy atom. The third-order valence-electron chi connectivity index (χ3n) is 5.70. The molecule has 31 heavy (non-hydrogen) atoms. The lowest BCUT2D eigenvalue weighted by molar-refractivity contribution is -0.159. The largest absolute Gasteiger partial charge is 0.463 e. The Morgan fingerprint density at radius 3 is 2.10 bits per heavy atom. The first-order valence-corrected chi connectivity index (χ1v) is 10.7. The van der Waals surface area contributed by atoms with Gasteiger partial charge in [0.05, 0.1) is 17.9 Å². The second kappa shape index (κ2) is 9.92. The molecule has 0 aliphatic heterocycles. The first-order valence-electron chi connectivity index (χ1n) is 10.7. The highest BCUT2D eigenvalue weighted by molar-refractivity contribution is 6.02. The molecule has 0 saturated heterocycles. The molecule has 0 spiro atoms. The van der Waals surface area contributed by atoms with Gasteiger partial charge in [-0.25, -0.2) is 0 Å². The molecule has 5 heteroatoms. The predicted octanol–water partition coefficient (Wildman–Crippen LogP) is 5.01. The fraction of sp³-hybridized carbons (Fsp3) is 0.385. The number of benzene rings is 3. The van der Waals surface area contributed by atoms with Gasteiger partial charge in [-0.05, 0) is 54.3 Å². The number of rotatable bonds is 9. The summed E-state index contributed by atoms with van der Waals surface area (Å²) in [6.07, 6.45) is 0.873. The number of esters is 2. The van der Waals surface area contributed by atoms with E-state index in [1.165, 1.54) is 0 Å². The average molecular weight is 423 g/mol. The van der Waals surface area contributed by atoms with E-state index in [-0.39, 0.29) is 25.8 Å². The predicted molar refractivity (Wildman–Crippen MR) is 121 cm³/mol. The summed E-state index contributed by atoms with van der Waals surface area (Å²) < 4.78 is 10.8. The standard InChI is InChI=1S/C26H30O5/c1-4-18(24(28)30-14-13-27)16-26(2,3)25(29)31-17-23-21-11-7-5-9-19(21)15-20-10-6-8-12-22(20)23/h5-12,15,18,27H,4,13-14,16-17H2,1-3H3. The van der Waals surface area contributed by atoms with E-state index in [4.69, 9.17) is 14.6 Å². The van der Waals surface area contributed by atoms with E-state index in [0.29, 0.717) is 12.8 Å². The topological polar surface area (TPSA) is 72.8 Å². The highest BCUT2D eigenvalue weighted by atomic mass is 16.5. The second-order valence-electron chi connectivity index (χ2n) is 8.46. The lowest BCUT2D eigenvalue weighted by Gasteiger charge is -2.26. The van der Waals surface area contributed by atoms with Crippen molar-refractivity contribution in [2.75, 3.05) is 13.2 Å². The third-order valence-corrected chi connectivity index (χ3v) is 5.70. The molecule has 0 amide bonds. The van der Waals surface area contributed by atoms with E-state index >= 15 is 0 Å². The van der Waals surface area contributed by atoms with Crippen LogP contribution in [0.25, 0.3) is 21.5 Å². The molecule has 0 bridgehead atoms. The first-order chi connectivity index (χ1) is 14.9. The van der Waals surface area contributed by atoms with Crippen LogP contribution in [0.2, 0.25) is 0 Å². The van der Waals surface area contributed by atoms with Gasteiger partial charge in [-0.2, -0.15) is 0 Å². The summed E-state index contributed by atoms with van der Waals surface area (Å²) in [5.74, 6) is -1.16. The summed E-state index contributed by atoms with van der Waals surface area (Å²) in [4.78, 5) is 25.2. The quantitative estimate of drug-likeness (QED) is 0.387. The average Bonchev–Trinajstić information content (AvgIpc) is 2.78. The summed E-state index contributed by atoms with van der Waals surface area (Å²) in [6.45, 7) is 5.38. The maximum atomic E-state index is 13.0. The number of ether oxygens (including phenoxy) is 2. The van der Waals surface area contributed by atoms with Gasteiger partial charge < -0.3 is 14.6 Å². The van der Waals surface area contributed by atoms with Gasteiger partial charge in [0.25, 0.3) is 0 Å². The lowest BCUT2D eigenvalue weighted by atomic mass is 9.81. The molecule has 0 saturated carbocycles. The van der Waals surface area contributed by atoms with Crippen molar-refractivity contribution in [3.05, 3.63) is 60.2 Å². The van der Waals surface area contributed by atoms with Crippen LogP contribution >= 0.6 is 0 Å². The zero-order valence-electron chi connectivity index (χ0n) is 18.4. The van der Waals surface area contributed by atoms with E-state index in [0.717, 1.165) is 27.1 Å². The van der Waals surface area contributed by atoms with Gasteiger partial charge in [0.2, 0.25) is 0 Å². The fourth-order valence-electron chi connectivity index (χ4n) is 3.95. The van der Waals surface area contributed by atoms with Gasteiger partial charge in [0.15, 0.2) is 0 Å². The molecule has 1 N–H and O–H groups in total. The molecule has 1 atom stereocenters. The molecule has 0 aliphatic carbocycles. The Morgan fingerprint density at radius 1 is 0.968 bits per heavy atom. The van der Waals surface area contributed by atoms with Crippen LogP contribution in [0.4, 0.5) is 0 Å². The molecule has 0 aromatic heterocycles. The van der Waals surface area contributed by atoms with Crippen LogP contribution in [0, 0.1) is 11.3 Å². The van der Waals surface area contributed by atoms with Crippen LogP contribution in [-0.2, 0) is 25.7 Å². The molecule has 0 radical (unpaired) electrons. The maximum Gasteiger partial charge on any atom is 0.311 e. The Balaban J connectivity index is 1.79. The molecular weight excluding hydrogens is 392 g/mol. The van der Waals surface area contributed by atoms with Gasteiger partial charge in [-0.15, -0.1) is 0 Å². The summed E-state index contributed by atoms with van der Waals surface area (Å²) in [7, 11) is 0. The van der Waals surface area contributed by atoms with Crippen molar-refractivity contribution in [2.24, 2.45) is 11.3 Å². The molecule has 0 heterocycles. The van der Waals surface area contributed by atoms with Crippen LogP contribution in [0.3, 0.4) is 0 Å². The van der Waals surface area contributed by atoms with E-state index < -0.39 is 17.3 Å². The van der Waals surface area contributed by atoms with Crippen molar-refractivity contribution in [3.8, 4) is 0 Å². The number of hydrogen-bond acceptors (Lipinski definition) is 5. The van der Waals surface area contributed by atoms with Crippen LogP contribution < -0.4 is 0 Å². The minimum absolute atomic E-state index is 0.0334. The smallest absolute Gasteiger partial charge is 0.311 e. The van der Waals surface area contributed by atoms with Crippen molar-refractivity contribution in [3.63, 3.8) is 0 Å². The molecule has 3 rings (SSSR count). The van der Waals surface area contributed by atoms with Gasteiger partial charge in [-0.3, -0.25) is 9.59 Å². The van der Waals surface area contributed by atoms with Crippen LogP contribution in [-0.4, -0.2) is 30.3 Å². The molecule has 3 aromatic rings. The van der Waals surface area contributed by atoms with Crippen LogP contribution in [0.15, 0.2) is 54.6 Å². The van der Waals surface area contributed by atoms with Crippen molar-refractivity contribution in [1.82, 2.24) is 0 Å². The Labute approximate surface area is 183 Å². The van der Waals surface area contributed by atoms with Gasteiger partial charge in [-0.1, -0.05) is 55.5 Å². The second-order valence-corrected chi connectivity index (χ2v) is 8.46. The summed E-state index contributed by atoms with van der Waals surface area (Å²) in [6, 6.07) is 18.3. The molecule has 1 unspecified atom stereocenters. The zero-order chi connectivity index (χ0) is 22.4. The molecule has 0 aliphatic rings. The number of hydrogen-bond donors (Lipinski definition) is 1. The monoisotopic (exact) mass is 422 g/mol.